The van der Waals surface area contributed by atoms with Crippen molar-refractivity contribution in [2.75, 3.05) is 40.4 Å². The summed E-state index contributed by atoms with van der Waals surface area (Å²) in [4.78, 5) is 23.9. The number of ether oxygens (including phenoxy) is 1. The lowest BCUT2D eigenvalue weighted by Gasteiger charge is -2.15. The molecule has 1 rings (SSSR count). The molecular formula is C15H21N3O4. The lowest BCUT2D eigenvalue weighted by molar-refractivity contribution is -0.384. The molecule has 0 aliphatic rings. The number of nitro groups is 1. The number of nitro benzene ring substituents is 1. The van der Waals surface area contributed by atoms with Crippen LogP contribution in [0.3, 0.4) is 0 Å². The number of nitrogens with zero attached hydrogens (tertiary/aromatic N) is 2. The second kappa shape index (κ2) is 9.64. The molecule has 0 heterocycles. The summed E-state index contributed by atoms with van der Waals surface area (Å²) in [5.41, 5.74) is 0.615. The lowest BCUT2D eigenvalue weighted by atomic mass is 10.2. The molecule has 7 nitrogen and oxygen atoms in total. The second-order valence-corrected chi connectivity index (χ2v) is 4.77. The zero-order chi connectivity index (χ0) is 16.4. The van der Waals surface area contributed by atoms with Gasteiger partial charge in [-0.15, -0.1) is 0 Å². The van der Waals surface area contributed by atoms with E-state index in [1.165, 1.54) is 18.2 Å². The average molecular weight is 307 g/mol. The number of carbonyl (C=O) groups is 1. The second-order valence-electron chi connectivity index (χ2n) is 4.77. The summed E-state index contributed by atoms with van der Waals surface area (Å²) in [7, 11) is 3.60. The van der Waals surface area contributed by atoms with Gasteiger partial charge >= 0.3 is 0 Å². The van der Waals surface area contributed by atoms with Crippen molar-refractivity contribution in [3.63, 3.8) is 0 Å². The molecule has 1 aromatic rings. The molecule has 0 saturated heterocycles. The maximum atomic E-state index is 11.7. The van der Waals surface area contributed by atoms with Gasteiger partial charge in [0, 0.05) is 45.0 Å². The fourth-order valence-corrected chi connectivity index (χ4v) is 1.70. The Morgan fingerprint density at radius 2 is 2.23 bits per heavy atom. The molecule has 1 amide bonds. The molecule has 0 spiro atoms. The maximum absolute atomic E-state index is 11.7. The number of amides is 1. The van der Waals surface area contributed by atoms with E-state index >= 15 is 0 Å². The molecule has 0 atom stereocenters. The Hall–Kier alpha value is -2.25. The van der Waals surface area contributed by atoms with Crippen LogP contribution in [-0.4, -0.2) is 56.1 Å². The molecule has 0 saturated carbocycles. The molecule has 0 bridgehead atoms. The van der Waals surface area contributed by atoms with Crippen molar-refractivity contribution in [1.29, 1.82) is 0 Å². The number of benzene rings is 1. The molecule has 0 aliphatic heterocycles. The minimum absolute atomic E-state index is 0.00215. The summed E-state index contributed by atoms with van der Waals surface area (Å²) < 4.78 is 4.97. The minimum Gasteiger partial charge on any atom is -0.383 e. The van der Waals surface area contributed by atoms with Crippen LogP contribution in [-0.2, 0) is 9.53 Å². The molecule has 0 radical (unpaired) electrons. The first-order chi connectivity index (χ1) is 10.5. The van der Waals surface area contributed by atoms with E-state index in [-0.39, 0.29) is 11.6 Å². The first kappa shape index (κ1) is 17.8. The van der Waals surface area contributed by atoms with Crippen molar-refractivity contribution >= 4 is 17.7 Å². The van der Waals surface area contributed by atoms with E-state index < -0.39 is 4.92 Å². The van der Waals surface area contributed by atoms with Gasteiger partial charge in [0.1, 0.15) is 0 Å². The molecule has 7 heteroatoms. The predicted octanol–water partition coefficient (Wildman–Crippen LogP) is 1.30. The highest BCUT2D eigenvalue weighted by atomic mass is 16.6. The quantitative estimate of drug-likeness (QED) is 0.422. The maximum Gasteiger partial charge on any atom is 0.270 e. The van der Waals surface area contributed by atoms with Crippen molar-refractivity contribution in [1.82, 2.24) is 10.2 Å². The predicted molar refractivity (Wildman–Crippen MR) is 84.5 cm³/mol. The molecule has 22 heavy (non-hydrogen) atoms. The number of methoxy groups -OCH3 is 1. The normalized spacial score (nSPS) is 11.0. The van der Waals surface area contributed by atoms with Crippen LogP contribution in [0.25, 0.3) is 6.08 Å². The average Bonchev–Trinajstić information content (AvgIpc) is 2.51. The van der Waals surface area contributed by atoms with Gasteiger partial charge in [-0.25, -0.2) is 0 Å². The summed E-state index contributed by atoms with van der Waals surface area (Å²) >= 11 is 0. The third-order valence-corrected chi connectivity index (χ3v) is 2.98. The molecule has 1 aromatic carbocycles. The van der Waals surface area contributed by atoms with Crippen molar-refractivity contribution < 1.29 is 14.5 Å². The van der Waals surface area contributed by atoms with Gasteiger partial charge in [-0.05, 0) is 18.7 Å². The van der Waals surface area contributed by atoms with Gasteiger partial charge < -0.3 is 15.0 Å². The van der Waals surface area contributed by atoms with Gasteiger partial charge in [0.15, 0.2) is 0 Å². The summed E-state index contributed by atoms with van der Waals surface area (Å²) in [5.74, 6) is -0.230. The van der Waals surface area contributed by atoms with Crippen LogP contribution in [0.4, 0.5) is 5.69 Å². The molecule has 0 aliphatic carbocycles. The Balaban J connectivity index is 2.38. The first-order valence-corrected chi connectivity index (χ1v) is 6.91. The minimum atomic E-state index is -0.465. The topological polar surface area (TPSA) is 84.7 Å². The highest BCUT2D eigenvalue weighted by molar-refractivity contribution is 5.91. The zero-order valence-corrected chi connectivity index (χ0v) is 12.8. The number of carbonyl (C=O) groups excluding carboxylic acids is 1. The molecule has 0 aromatic heterocycles. The Morgan fingerprint density at radius 3 is 2.91 bits per heavy atom. The van der Waals surface area contributed by atoms with Crippen molar-refractivity contribution in [3.05, 3.63) is 46.0 Å². The third kappa shape index (κ3) is 6.96. The van der Waals surface area contributed by atoms with E-state index in [1.54, 1.807) is 25.3 Å². The standard InChI is InChI=1S/C15H21N3O4/c1-17(10-11-22-2)9-8-16-15(19)7-6-13-4-3-5-14(12-13)18(20)21/h3-7,12H,8-11H2,1-2H3,(H,16,19). The van der Waals surface area contributed by atoms with Gasteiger partial charge in [0.05, 0.1) is 11.5 Å². The summed E-state index contributed by atoms with van der Waals surface area (Å²) in [6.07, 6.45) is 2.92. The number of likely N-dealkylation sites (N-methyl/N-ethyl adjacent to an activating group) is 1. The Kier molecular flexibility index (Phi) is 7.80. The summed E-state index contributed by atoms with van der Waals surface area (Å²) in [6, 6.07) is 6.12. The molecule has 1 N–H and O–H groups in total. The molecular weight excluding hydrogens is 286 g/mol. The van der Waals surface area contributed by atoms with E-state index in [4.69, 9.17) is 4.74 Å². The first-order valence-electron chi connectivity index (χ1n) is 6.91. The largest absolute Gasteiger partial charge is 0.383 e. The number of rotatable bonds is 9. The Morgan fingerprint density at radius 1 is 1.45 bits per heavy atom. The number of hydrogen-bond donors (Lipinski definition) is 1. The van der Waals surface area contributed by atoms with Crippen LogP contribution in [0.15, 0.2) is 30.3 Å². The van der Waals surface area contributed by atoms with Crippen LogP contribution in [0.2, 0.25) is 0 Å². The van der Waals surface area contributed by atoms with Crippen LogP contribution < -0.4 is 5.32 Å². The zero-order valence-electron chi connectivity index (χ0n) is 12.8. The Labute approximate surface area is 129 Å². The van der Waals surface area contributed by atoms with Crippen LogP contribution in [0.5, 0.6) is 0 Å². The monoisotopic (exact) mass is 307 g/mol. The van der Waals surface area contributed by atoms with Gasteiger partial charge in [0.2, 0.25) is 5.91 Å². The highest BCUT2D eigenvalue weighted by Gasteiger charge is 2.04. The number of hydrogen-bond acceptors (Lipinski definition) is 5. The van der Waals surface area contributed by atoms with Crippen molar-refractivity contribution in [3.8, 4) is 0 Å². The van der Waals surface area contributed by atoms with Gasteiger partial charge in [-0.1, -0.05) is 12.1 Å². The van der Waals surface area contributed by atoms with Crippen LogP contribution >= 0.6 is 0 Å². The molecule has 0 unspecified atom stereocenters. The van der Waals surface area contributed by atoms with E-state index in [0.717, 1.165) is 13.1 Å². The third-order valence-electron chi connectivity index (χ3n) is 2.98. The van der Waals surface area contributed by atoms with Gasteiger partial charge in [-0.3, -0.25) is 14.9 Å². The smallest absolute Gasteiger partial charge is 0.270 e. The van der Waals surface area contributed by atoms with Gasteiger partial charge in [0.25, 0.3) is 5.69 Å². The fraction of sp³-hybridized carbons (Fsp3) is 0.400. The SMILES string of the molecule is COCCN(C)CCNC(=O)C=Cc1cccc([N+](=O)[O-])c1. The van der Waals surface area contributed by atoms with E-state index in [9.17, 15) is 14.9 Å². The lowest BCUT2D eigenvalue weighted by Crippen LogP contribution is -2.33. The molecule has 0 fully saturated rings. The summed E-state index contributed by atoms with van der Waals surface area (Å²) in [6.45, 7) is 2.70. The Bertz CT molecular complexity index is 531. The highest BCUT2D eigenvalue weighted by Crippen LogP contribution is 2.13. The van der Waals surface area contributed by atoms with E-state index in [2.05, 4.69) is 5.32 Å². The number of non-ortho nitro benzene ring substituents is 1. The molecule has 120 valence electrons. The fourth-order valence-electron chi connectivity index (χ4n) is 1.70. The summed E-state index contributed by atoms with van der Waals surface area (Å²) in [5, 5.41) is 13.4. The van der Waals surface area contributed by atoms with Gasteiger partial charge in [-0.2, -0.15) is 0 Å². The van der Waals surface area contributed by atoms with E-state index in [0.29, 0.717) is 18.7 Å². The van der Waals surface area contributed by atoms with Crippen LogP contribution in [0, 0.1) is 10.1 Å². The number of nitrogens with one attached hydrogen (secondary N) is 1. The van der Waals surface area contributed by atoms with Crippen molar-refractivity contribution in [2.24, 2.45) is 0 Å². The van der Waals surface area contributed by atoms with E-state index in [1.807, 2.05) is 11.9 Å². The van der Waals surface area contributed by atoms with Crippen molar-refractivity contribution in [2.45, 2.75) is 0 Å². The van der Waals surface area contributed by atoms with Crippen LogP contribution in [0.1, 0.15) is 5.56 Å².